The van der Waals surface area contributed by atoms with Crippen molar-refractivity contribution in [2.24, 2.45) is 11.7 Å². The molecule has 1 aromatic rings. The Morgan fingerprint density at radius 1 is 1.42 bits per heavy atom. The maximum atomic E-state index is 14.1. The zero-order valence-electron chi connectivity index (χ0n) is 11.7. The number of halogens is 1. The molecule has 0 amide bonds. The summed E-state index contributed by atoms with van der Waals surface area (Å²) in [6, 6.07) is 5.46. The quantitative estimate of drug-likeness (QED) is 0.907. The molecule has 1 saturated heterocycles. The monoisotopic (exact) mass is 266 g/mol. The molecule has 106 valence electrons. The van der Waals surface area contributed by atoms with Crippen molar-refractivity contribution in [1.29, 1.82) is 0 Å². The third-order valence-electron chi connectivity index (χ3n) is 4.05. The minimum atomic E-state index is -0.155. The maximum Gasteiger partial charge on any atom is 0.132 e. The van der Waals surface area contributed by atoms with E-state index < -0.39 is 0 Å². The Kier molecular flexibility index (Phi) is 4.91. The Bertz CT molecular complexity index is 425. The van der Waals surface area contributed by atoms with Crippen LogP contribution in [0.5, 0.6) is 0 Å². The number of rotatable bonds is 4. The molecule has 4 heteroatoms. The van der Waals surface area contributed by atoms with E-state index in [0.29, 0.717) is 18.0 Å². The number of likely N-dealkylation sites (tertiary alicyclic amines) is 1. The minimum absolute atomic E-state index is 0.155. The van der Waals surface area contributed by atoms with Crippen LogP contribution in [-0.2, 0) is 17.8 Å². The molecule has 1 aliphatic heterocycles. The zero-order valence-corrected chi connectivity index (χ0v) is 11.7. The highest BCUT2D eigenvalue weighted by molar-refractivity contribution is 5.25. The third-order valence-corrected chi connectivity index (χ3v) is 4.05. The second kappa shape index (κ2) is 6.46. The number of methoxy groups -OCH3 is 1. The van der Waals surface area contributed by atoms with Gasteiger partial charge in [-0.05, 0) is 18.9 Å². The van der Waals surface area contributed by atoms with Crippen LogP contribution in [0, 0.1) is 11.7 Å². The predicted octanol–water partition coefficient (Wildman–Crippen LogP) is 2.14. The fraction of sp³-hybridized carbons (Fsp3) is 0.600. The summed E-state index contributed by atoms with van der Waals surface area (Å²) in [7, 11) is 1.75. The first-order valence-electron chi connectivity index (χ1n) is 6.87. The van der Waals surface area contributed by atoms with Crippen LogP contribution < -0.4 is 5.73 Å². The summed E-state index contributed by atoms with van der Waals surface area (Å²) < 4.78 is 19.6. The van der Waals surface area contributed by atoms with Gasteiger partial charge in [-0.3, -0.25) is 4.90 Å². The third kappa shape index (κ3) is 3.32. The second-order valence-corrected chi connectivity index (χ2v) is 5.37. The van der Waals surface area contributed by atoms with Gasteiger partial charge in [0, 0.05) is 37.9 Å². The highest BCUT2D eigenvalue weighted by Crippen LogP contribution is 2.22. The smallest absolute Gasteiger partial charge is 0.132 e. The molecule has 1 heterocycles. The topological polar surface area (TPSA) is 38.5 Å². The van der Waals surface area contributed by atoms with E-state index in [9.17, 15) is 4.39 Å². The van der Waals surface area contributed by atoms with Crippen molar-refractivity contribution in [3.05, 3.63) is 35.1 Å². The average molecular weight is 266 g/mol. The molecule has 0 bridgehead atoms. The molecule has 2 N–H and O–H groups in total. The molecule has 1 fully saturated rings. The first-order chi connectivity index (χ1) is 9.15. The van der Waals surface area contributed by atoms with Gasteiger partial charge in [-0.25, -0.2) is 4.39 Å². The highest BCUT2D eigenvalue weighted by atomic mass is 19.1. The van der Waals surface area contributed by atoms with Gasteiger partial charge in [0.1, 0.15) is 5.82 Å². The van der Waals surface area contributed by atoms with Gasteiger partial charge < -0.3 is 10.5 Å². The van der Waals surface area contributed by atoms with Gasteiger partial charge in [-0.15, -0.1) is 0 Å². The SMILES string of the molecule is COC1CN(Cc2cccc(CN)c2F)CCC1C. The molecule has 3 nitrogen and oxygen atoms in total. The number of ether oxygens (including phenoxy) is 1. The predicted molar refractivity (Wildman–Crippen MR) is 74.1 cm³/mol. The summed E-state index contributed by atoms with van der Waals surface area (Å²) in [6.45, 7) is 4.95. The van der Waals surface area contributed by atoms with E-state index in [1.807, 2.05) is 12.1 Å². The molecule has 1 aliphatic rings. The molecular formula is C15H23FN2O. The average Bonchev–Trinajstić information content (AvgIpc) is 2.43. The van der Waals surface area contributed by atoms with E-state index >= 15 is 0 Å². The Balaban J connectivity index is 2.05. The molecule has 0 aliphatic carbocycles. The molecule has 0 spiro atoms. The van der Waals surface area contributed by atoms with E-state index in [1.54, 1.807) is 13.2 Å². The summed E-state index contributed by atoms with van der Waals surface area (Å²) in [6.07, 6.45) is 1.34. The van der Waals surface area contributed by atoms with Gasteiger partial charge in [0.25, 0.3) is 0 Å². The standard InChI is InChI=1S/C15H23FN2O/c1-11-6-7-18(10-14(11)19-2)9-13-5-3-4-12(8-17)15(13)16/h3-5,11,14H,6-10,17H2,1-2H3. The molecule has 2 rings (SSSR count). The van der Waals surface area contributed by atoms with Crippen LogP contribution >= 0.6 is 0 Å². The lowest BCUT2D eigenvalue weighted by Gasteiger charge is -2.36. The van der Waals surface area contributed by atoms with Crippen LogP contribution in [0.3, 0.4) is 0 Å². The molecule has 2 atom stereocenters. The largest absolute Gasteiger partial charge is 0.380 e. The first kappa shape index (κ1) is 14.4. The summed E-state index contributed by atoms with van der Waals surface area (Å²) in [5, 5.41) is 0. The van der Waals surface area contributed by atoms with Crippen molar-refractivity contribution in [2.75, 3.05) is 20.2 Å². The number of nitrogens with two attached hydrogens (primary N) is 1. The van der Waals surface area contributed by atoms with Crippen molar-refractivity contribution in [3.63, 3.8) is 0 Å². The van der Waals surface area contributed by atoms with Crippen molar-refractivity contribution in [3.8, 4) is 0 Å². The van der Waals surface area contributed by atoms with E-state index in [2.05, 4.69) is 11.8 Å². The van der Waals surface area contributed by atoms with Gasteiger partial charge in [0.05, 0.1) is 6.10 Å². The van der Waals surface area contributed by atoms with Crippen LogP contribution in [0.1, 0.15) is 24.5 Å². The zero-order chi connectivity index (χ0) is 13.8. The number of hydrogen-bond acceptors (Lipinski definition) is 3. The van der Waals surface area contributed by atoms with E-state index in [1.165, 1.54) is 0 Å². The number of benzene rings is 1. The summed E-state index contributed by atoms with van der Waals surface area (Å²) in [5.74, 6) is 0.416. The maximum absolute atomic E-state index is 14.1. The van der Waals surface area contributed by atoms with Gasteiger partial charge in [0.15, 0.2) is 0 Å². The van der Waals surface area contributed by atoms with E-state index in [4.69, 9.17) is 10.5 Å². The fourth-order valence-corrected chi connectivity index (χ4v) is 2.70. The first-order valence-corrected chi connectivity index (χ1v) is 6.87. The Hall–Kier alpha value is -0.970. The van der Waals surface area contributed by atoms with E-state index in [0.717, 1.165) is 25.1 Å². The molecule has 0 saturated carbocycles. The Morgan fingerprint density at radius 2 is 2.16 bits per heavy atom. The lowest BCUT2D eigenvalue weighted by atomic mass is 9.95. The Morgan fingerprint density at radius 3 is 2.84 bits per heavy atom. The van der Waals surface area contributed by atoms with E-state index in [-0.39, 0.29) is 18.5 Å². The molecule has 2 unspecified atom stereocenters. The van der Waals surface area contributed by atoms with Crippen LogP contribution in [0.25, 0.3) is 0 Å². The van der Waals surface area contributed by atoms with Crippen molar-refractivity contribution in [2.45, 2.75) is 32.5 Å². The molecule has 0 radical (unpaired) electrons. The summed E-state index contributed by atoms with van der Waals surface area (Å²) >= 11 is 0. The van der Waals surface area contributed by atoms with Crippen LogP contribution in [0.15, 0.2) is 18.2 Å². The van der Waals surface area contributed by atoms with Crippen LogP contribution in [0.4, 0.5) is 4.39 Å². The Labute approximate surface area is 114 Å². The van der Waals surface area contributed by atoms with Gasteiger partial charge in [-0.2, -0.15) is 0 Å². The normalized spacial score (nSPS) is 24.6. The highest BCUT2D eigenvalue weighted by Gasteiger charge is 2.26. The number of nitrogens with zero attached hydrogens (tertiary/aromatic N) is 1. The minimum Gasteiger partial charge on any atom is -0.380 e. The fourth-order valence-electron chi connectivity index (χ4n) is 2.70. The van der Waals surface area contributed by atoms with Gasteiger partial charge >= 0.3 is 0 Å². The molecule has 1 aromatic carbocycles. The van der Waals surface area contributed by atoms with Crippen LogP contribution in [-0.4, -0.2) is 31.2 Å². The lowest BCUT2D eigenvalue weighted by Crippen LogP contribution is -2.43. The van der Waals surface area contributed by atoms with Gasteiger partial charge in [0.2, 0.25) is 0 Å². The molecule has 19 heavy (non-hydrogen) atoms. The van der Waals surface area contributed by atoms with Crippen molar-refractivity contribution < 1.29 is 9.13 Å². The summed E-state index contributed by atoms with van der Waals surface area (Å²) in [5.41, 5.74) is 6.86. The van der Waals surface area contributed by atoms with Crippen molar-refractivity contribution >= 4 is 0 Å². The number of piperidine rings is 1. The lowest BCUT2D eigenvalue weighted by molar-refractivity contribution is -0.00773. The van der Waals surface area contributed by atoms with Gasteiger partial charge in [-0.1, -0.05) is 25.1 Å². The number of hydrogen-bond donors (Lipinski definition) is 1. The van der Waals surface area contributed by atoms with Crippen molar-refractivity contribution in [1.82, 2.24) is 4.90 Å². The van der Waals surface area contributed by atoms with Crippen LogP contribution in [0.2, 0.25) is 0 Å². The summed E-state index contributed by atoms with van der Waals surface area (Å²) in [4.78, 5) is 2.26. The second-order valence-electron chi connectivity index (χ2n) is 5.37. The molecular weight excluding hydrogens is 243 g/mol. The molecule has 0 aromatic heterocycles.